The first-order valence-electron chi connectivity index (χ1n) is 4.22. The molecular formula is C8H18NP. The van der Waals surface area contributed by atoms with Gasteiger partial charge in [-0.1, -0.05) is 19.3 Å². The number of hydrogen-bond acceptors (Lipinski definition) is 1. The minimum atomic E-state index is 0.127. The zero-order chi connectivity index (χ0) is 7.40. The molecule has 0 bridgehead atoms. The second kappa shape index (κ2) is 4.31. The van der Waals surface area contributed by atoms with E-state index in [1.165, 1.54) is 32.1 Å². The molecule has 60 valence electrons. The summed E-state index contributed by atoms with van der Waals surface area (Å²) in [7, 11) is 0.127. The van der Waals surface area contributed by atoms with Crippen molar-refractivity contribution in [1.82, 2.24) is 5.09 Å². The van der Waals surface area contributed by atoms with E-state index in [1.807, 2.05) is 0 Å². The van der Waals surface area contributed by atoms with Crippen LogP contribution in [0.2, 0.25) is 0 Å². The normalized spacial score (nSPS) is 21.9. The third-order valence-electron chi connectivity index (χ3n) is 2.05. The highest BCUT2D eigenvalue weighted by molar-refractivity contribution is 7.53. The summed E-state index contributed by atoms with van der Waals surface area (Å²) in [6.07, 6.45) is 7.19. The molecule has 0 spiro atoms. The van der Waals surface area contributed by atoms with E-state index in [-0.39, 0.29) is 8.07 Å². The van der Waals surface area contributed by atoms with Gasteiger partial charge in [-0.3, -0.25) is 5.09 Å². The average Bonchev–Trinajstić information content (AvgIpc) is 1.88. The SMILES string of the molecule is CP(C)NC1CCCCC1. The first-order valence-corrected chi connectivity index (χ1v) is 6.46. The van der Waals surface area contributed by atoms with Gasteiger partial charge in [0.25, 0.3) is 0 Å². The molecule has 0 aromatic heterocycles. The van der Waals surface area contributed by atoms with Crippen LogP contribution in [-0.2, 0) is 0 Å². The molecule has 10 heavy (non-hydrogen) atoms. The molecule has 0 aromatic carbocycles. The highest BCUT2D eigenvalue weighted by Crippen LogP contribution is 2.25. The Morgan fingerprint density at radius 2 is 1.70 bits per heavy atom. The van der Waals surface area contributed by atoms with Crippen LogP contribution in [0.25, 0.3) is 0 Å². The summed E-state index contributed by atoms with van der Waals surface area (Å²) in [4.78, 5) is 0. The maximum atomic E-state index is 3.65. The van der Waals surface area contributed by atoms with Crippen LogP contribution in [0.4, 0.5) is 0 Å². The van der Waals surface area contributed by atoms with Crippen molar-refractivity contribution in [3.8, 4) is 0 Å². The first kappa shape index (κ1) is 8.49. The fourth-order valence-corrected chi connectivity index (χ4v) is 2.59. The van der Waals surface area contributed by atoms with E-state index in [9.17, 15) is 0 Å². The molecule has 1 nitrogen and oxygen atoms in total. The van der Waals surface area contributed by atoms with Crippen LogP contribution >= 0.6 is 8.07 Å². The van der Waals surface area contributed by atoms with Gasteiger partial charge in [0.1, 0.15) is 0 Å². The Balaban J connectivity index is 2.13. The van der Waals surface area contributed by atoms with Crippen LogP contribution in [0.5, 0.6) is 0 Å². The number of hydrogen-bond donors (Lipinski definition) is 1. The molecule has 0 aliphatic heterocycles. The van der Waals surface area contributed by atoms with Crippen molar-refractivity contribution in [1.29, 1.82) is 0 Å². The molecule has 0 unspecified atom stereocenters. The van der Waals surface area contributed by atoms with Crippen LogP contribution in [0.3, 0.4) is 0 Å². The molecule has 0 amide bonds. The molecule has 0 heterocycles. The molecule has 1 rings (SSSR count). The lowest BCUT2D eigenvalue weighted by Gasteiger charge is -2.24. The summed E-state index contributed by atoms with van der Waals surface area (Å²) in [5, 5.41) is 3.65. The van der Waals surface area contributed by atoms with Crippen molar-refractivity contribution in [2.75, 3.05) is 13.3 Å². The van der Waals surface area contributed by atoms with Gasteiger partial charge in [-0.2, -0.15) is 0 Å². The molecule has 1 aliphatic carbocycles. The summed E-state index contributed by atoms with van der Waals surface area (Å²) < 4.78 is 0. The lowest BCUT2D eigenvalue weighted by Crippen LogP contribution is -2.26. The second-order valence-corrected chi connectivity index (χ2v) is 5.41. The zero-order valence-corrected chi connectivity index (χ0v) is 7.95. The summed E-state index contributed by atoms with van der Waals surface area (Å²) in [5.41, 5.74) is 0. The maximum Gasteiger partial charge on any atom is 0.0103 e. The van der Waals surface area contributed by atoms with Gasteiger partial charge in [-0.15, -0.1) is 0 Å². The van der Waals surface area contributed by atoms with Gasteiger partial charge in [0.05, 0.1) is 0 Å². The van der Waals surface area contributed by atoms with E-state index in [0.717, 1.165) is 6.04 Å². The third kappa shape index (κ3) is 2.98. The van der Waals surface area contributed by atoms with E-state index >= 15 is 0 Å². The van der Waals surface area contributed by atoms with Crippen molar-refractivity contribution in [3.05, 3.63) is 0 Å². The van der Waals surface area contributed by atoms with Crippen molar-refractivity contribution >= 4 is 8.07 Å². The highest BCUT2D eigenvalue weighted by Gasteiger charge is 2.12. The monoisotopic (exact) mass is 159 g/mol. The Kier molecular flexibility index (Phi) is 3.65. The predicted molar refractivity (Wildman–Crippen MR) is 48.8 cm³/mol. The van der Waals surface area contributed by atoms with E-state index in [4.69, 9.17) is 0 Å². The van der Waals surface area contributed by atoms with Gasteiger partial charge in [0, 0.05) is 6.04 Å². The topological polar surface area (TPSA) is 12.0 Å². The minimum Gasteiger partial charge on any atom is -0.293 e. The second-order valence-electron chi connectivity index (χ2n) is 3.36. The molecule has 1 fully saturated rings. The summed E-state index contributed by atoms with van der Waals surface area (Å²) in [6.45, 7) is 4.59. The van der Waals surface area contributed by atoms with E-state index in [0.29, 0.717) is 0 Å². The number of rotatable bonds is 2. The van der Waals surface area contributed by atoms with Crippen LogP contribution < -0.4 is 5.09 Å². The Morgan fingerprint density at radius 3 is 2.20 bits per heavy atom. The van der Waals surface area contributed by atoms with Crippen LogP contribution in [0.1, 0.15) is 32.1 Å². The standard InChI is InChI=1S/C8H18NP/c1-10(2)9-8-6-4-3-5-7-8/h8-9H,3-7H2,1-2H3. The number of nitrogens with one attached hydrogen (secondary N) is 1. The largest absolute Gasteiger partial charge is 0.293 e. The van der Waals surface area contributed by atoms with Crippen molar-refractivity contribution < 1.29 is 0 Å². The molecule has 0 saturated heterocycles. The van der Waals surface area contributed by atoms with Crippen molar-refractivity contribution in [3.63, 3.8) is 0 Å². The van der Waals surface area contributed by atoms with E-state index in [2.05, 4.69) is 18.4 Å². The Hall–Kier alpha value is 0.390. The van der Waals surface area contributed by atoms with E-state index in [1.54, 1.807) is 0 Å². The van der Waals surface area contributed by atoms with Gasteiger partial charge in [0.2, 0.25) is 0 Å². The summed E-state index contributed by atoms with van der Waals surface area (Å²) in [5.74, 6) is 0. The third-order valence-corrected chi connectivity index (χ3v) is 2.93. The van der Waals surface area contributed by atoms with Gasteiger partial charge in [-0.05, 0) is 34.2 Å². The van der Waals surface area contributed by atoms with Crippen LogP contribution in [-0.4, -0.2) is 19.4 Å². The molecule has 0 atom stereocenters. The molecule has 2 heteroatoms. The summed E-state index contributed by atoms with van der Waals surface area (Å²) >= 11 is 0. The maximum absolute atomic E-state index is 3.65. The van der Waals surface area contributed by atoms with Crippen molar-refractivity contribution in [2.45, 2.75) is 38.1 Å². The first-order chi connectivity index (χ1) is 4.79. The fraction of sp³-hybridized carbons (Fsp3) is 1.00. The van der Waals surface area contributed by atoms with Gasteiger partial charge < -0.3 is 0 Å². The minimum absolute atomic E-state index is 0.127. The highest BCUT2D eigenvalue weighted by atomic mass is 31.1. The lowest BCUT2D eigenvalue weighted by atomic mass is 9.96. The van der Waals surface area contributed by atoms with Gasteiger partial charge >= 0.3 is 0 Å². The smallest absolute Gasteiger partial charge is 0.0103 e. The van der Waals surface area contributed by atoms with E-state index < -0.39 is 0 Å². The fourth-order valence-electron chi connectivity index (χ4n) is 1.60. The van der Waals surface area contributed by atoms with Crippen LogP contribution in [0.15, 0.2) is 0 Å². The van der Waals surface area contributed by atoms with Gasteiger partial charge in [-0.25, -0.2) is 0 Å². The molecule has 1 aliphatic rings. The molecule has 1 N–H and O–H groups in total. The Labute approximate surface area is 65.4 Å². The Bertz CT molecular complexity index is 87.3. The van der Waals surface area contributed by atoms with Crippen LogP contribution in [0, 0.1) is 0 Å². The summed E-state index contributed by atoms with van der Waals surface area (Å²) in [6, 6.07) is 0.856. The Morgan fingerprint density at radius 1 is 1.10 bits per heavy atom. The van der Waals surface area contributed by atoms with Crippen molar-refractivity contribution in [2.24, 2.45) is 0 Å². The van der Waals surface area contributed by atoms with Gasteiger partial charge in [0.15, 0.2) is 0 Å². The molecule has 1 saturated carbocycles. The molecular weight excluding hydrogens is 141 g/mol. The predicted octanol–water partition coefficient (Wildman–Crippen LogP) is 2.57. The zero-order valence-electron chi connectivity index (χ0n) is 7.06. The molecule has 0 radical (unpaired) electrons. The molecule has 0 aromatic rings. The average molecular weight is 159 g/mol. The lowest BCUT2D eigenvalue weighted by molar-refractivity contribution is 0.421. The quantitative estimate of drug-likeness (QED) is 0.610.